The van der Waals surface area contributed by atoms with Crippen LogP contribution in [0.15, 0.2) is 36.5 Å². The van der Waals surface area contributed by atoms with Crippen molar-refractivity contribution in [2.75, 3.05) is 12.4 Å². The van der Waals surface area contributed by atoms with Gasteiger partial charge in [-0.15, -0.1) is 0 Å². The number of benzene rings is 1. The number of aliphatic hydroxyl groups is 1. The molecule has 1 unspecified atom stereocenters. The van der Waals surface area contributed by atoms with Gasteiger partial charge in [-0.3, -0.25) is 4.79 Å². The Balaban J connectivity index is 2.25. The third kappa shape index (κ3) is 1.58. The molecule has 5 nitrogen and oxygen atoms in total. The molecule has 1 aromatic carbocycles. The van der Waals surface area contributed by atoms with Gasteiger partial charge in [0.15, 0.2) is 5.60 Å². The van der Waals surface area contributed by atoms with Gasteiger partial charge in [0.25, 0.3) is 5.91 Å². The number of hydrogen-bond acceptors (Lipinski definition) is 4. The number of anilines is 1. The van der Waals surface area contributed by atoms with Crippen LogP contribution in [-0.2, 0) is 10.4 Å². The molecule has 1 aliphatic heterocycles. The van der Waals surface area contributed by atoms with Crippen molar-refractivity contribution in [2.45, 2.75) is 5.60 Å². The Morgan fingerprint density at radius 1 is 1.35 bits per heavy atom. The first-order valence-electron chi connectivity index (χ1n) is 5.90. The minimum Gasteiger partial charge on any atom is -0.481 e. The predicted molar refractivity (Wildman–Crippen MR) is 68.8 cm³/mol. The van der Waals surface area contributed by atoms with E-state index in [1.807, 2.05) is 0 Å². The number of ether oxygens (including phenoxy) is 1. The largest absolute Gasteiger partial charge is 0.481 e. The number of nitrogens with zero attached hydrogens (tertiary/aromatic N) is 1. The zero-order valence-corrected chi connectivity index (χ0v) is 10.6. The summed E-state index contributed by atoms with van der Waals surface area (Å²) in [6.45, 7) is 0. The maximum absolute atomic E-state index is 14.0. The van der Waals surface area contributed by atoms with E-state index >= 15 is 0 Å². The van der Waals surface area contributed by atoms with E-state index < -0.39 is 17.3 Å². The molecule has 0 saturated heterocycles. The fourth-order valence-corrected chi connectivity index (χ4v) is 2.32. The molecule has 0 radical (unpaired) electrons. The summed E-state index contributed by atoms with van der Waals surface area (Å²) in [7, 11) is 1.37. The topological polar surface area (TPSA) is 71.5 Å². The van der Waals surface area contributed by atoms with Crippen molar-refractivity contribution in [3.8, 4) is 5.88 Å². The number of nitrogens with one attached hydrogen (secondary N) is 1. The van der Waals surface area contributed by atoms with Crippen LogP contribution in [0, 0.1) is 5.82 Å². The molecule has 1 aromatic heterocycles. The molecule has 2 heterocycles. The number of carbonyl (C=O) groups excluding carboxylic acids is 1. The van der Waals surface area contributed by atoms with Gasteiger partial charge in [-0.05, 0) is 6.07 Å². The van der Waals surface area contributed by atoms with E-state index in [4.69, 9.17) is 4.74 Å². The van der Waals surface area contributed by atoms with Gasteiger partial charge in [-0.2, -0.15) is 0 Å². The molecule has 1 atom stereocenters. The maximum atomic E-state index is 14.0. The Kier molecular flexibility index (Phi) is 2.69. The number of pyridine rings is 1. The summed E-state index contributed by atoms with van der Waals surface area (Å²) >= 11 is 0. The number of amides is 1. The highest BCUT2D eigenvalue weighted by molar-refractivity contribution is 6.07. The van der Waals surface area contributed by atoms with Crippen LogP contribution in [0.4, 0.5) is 10.1 Å². The van der Waals surface area contributed by atoms with Crippen molar-refractivity contribution in [1.82, 2.24) is 4.98 Å². The number of halogens is 1. The van der Waals surface area contributed by atoms with Gasteiger partial charge in [0, 0.05) is 22.9 Å². The van der Waals surface area contributed by atoms with E-state index in [1.54, 1.807) is 24.3 Å². The van der Waals surface area contributed by atoms with Gasteiger partial charge in [-0.25, -0.2) is 9.37 Å². The maximum Gasteiger partial charge on any atom is 0.265 e. The second-order valence-electron chi connectivity index (χ2n) is 4.42. The van der Waals surface area contributed by atoms with Crippen LogP contribution < -0.4 is 10.1 Å². The molecule has 0 fully saturated rings. The first-order valence-corrected chi connectivity index (χ1v) is 5.90. The summed E-state index contributed by atoms with van der Waals surface area (Å²) in [5.41, 5.74) is -1.52. The van der Waals surface area contributed by atoms with Crippen molar-refractivity contribution >= 4 is 11.6 Å². The summed E-state index contributed by atoms with van der Waals surface area (Å²) in [6, 6.07) is 7.81. The zero-order valence-electron chi connectivity index (χ0n) is 10.6. The van der Waals surface area contributed by atoms with Crippen LogP contribution in [0.3, 0.4) is 0 Å². The monoisotopic (exact) mass is 274 g/mol. The Hall–Kier alpha value is -2.47. The molecule has 0 bridgehead atoms. The molecule has 0 saturated carbocycles. The van der Waals surface area contributed by atoms with E-state index in [1.165, 1.54) is 13.2 Å². The summed E-state index contributed by atoms with van der Waals surface area (Å²) in [5, 5.41) is 13.3. The number of hydrogen-bond donors (Lipinski definition) is 2. The number of para-hydroxylation sites is 1. The second-order valence-corrected chi connectivity index (χ2v) is 4.42. The molecular weight excluding hydrogens is 263 g/mol. The van der Waals surface area contributed by atoms with E-state index in [0.717, 1.165) is 6.20 Å². The van der Waals surface area contributed by atoms with E-state index in [2.05, 4.69) is 10.3 Å². The molecule has 2 aromatic rings. The third-order valence-corrected chi connectivity index (χ3v) is 3.32. The van der Waals surface area contributed by atoms with Crippen LogP contribution in [-0.4, -0.2) is 23.1 Å². The van der Waals surface area contributed by atoms with Crippen molar-refractivity contribution in [3.63, 3.8) is 0 Å². The Labute approximate surface area is 114 Å². The van der Waals surface area contributed by atoms with Gasteiger partial charge in [0.1, 0.15) is 5.82 Å². The molecule has 2 N–H and O–H groups in total. The number of aromatic nitrogens is 1. The Morgan fingerprint density at radius 2 is 2.10 bits per heavy atom. The first-order chi connectivity index (χ1) is 9.57. The smallest absolute Gasteiger partial charge is 0.265 e. The quantitative estimate of drug-likeness (QED) is 0.868. The highest BCUT2D eigenvalue weighted by atomic mass is 19.1. The van der Waals surface area contributed by atoms with E-state index in [9.17, 15) is 14.3 Å². The van der Waals surface area contributed by atoms with Crippen LogP contribution in [0.25, 0.3) is 0 Å². The molecule has 20 heavy (non-hydrogen) atoms. The van der Waals surface area contributed by atoms with Gasteiger partial charge in [0.05, 0.1) is 13.3 Å². The minimum atomic E-state index is -2.09. The molecule has 6 heteroatoms. The normalized spacial score (nSPS) is 20.4. The molecule has 1 amide bonds. The van der Waals surface area contributed by atoms with E-state index in [0.29, 0.717) is 11.3 Å². The number of rotatable bonds is 2. The summed E-state index contributed by atoms with van der Waals surface area (Å²) < 4.78 is 18.9. The average molecular weight is 274 g/mol. The van der Waals surface area contributed by atoms with Crippen LogP contribution in [0.1, 0.15) is 11.1 Å². The molecular formula is C14H11FN2O3. The summed E-state index contributed by atoms with van der Waals surface area (Å²) in [5.74, 6) is -1.36. The van der Waals surface area contributed by atoms with Gasteiger partial charge in [0.2, 0.25) is 5.88 Å². The second kappa shape index (κ2) is 4.28. The highest BCUT2D eigenvalue weighted by Gasteiger charge is 2.48. The lowest BCUT2D eigenvalue weighted by Gasteiger charge is -2.22. The van der Waals surface area contributed by atoms with E-state index in [-0.39, 0.29) is 11.4 Å². The lowest BCUT2D eigenvalue weighted by molar-refractivity contribution is -0.129. The van der Waals surface area contributed by atoms with Crippen molar-refractivity contribution in [1.29, 1.82) is 0 Å². The summed E-state index contributed by atoms with van der Waals surface area (Å²) in [6.07, 6.45) is 0.917. The van der Waals surface area contributed by atoms with Crippen LogP contribution in [0.5, 0.6) is 5.88 Å². The lowest BCUT2D eigenvalue weighted by Crippen LogP contribution is -2.36. The van der Waals surface area contributed by atoms with Crippen LogP contribution in [0.2, 0.25) is 0 Å². The van der Waals surface area contributed by atoms with Crippen molar-refractivity contribution < 1.29 is 19.0 Å². The number of methoxy groups -OCH3 is 1. The van der Waals surface area contributed by atoms with Gasteiger partial charge < -0.3 is 15.2 Å². The fourth-order valence-electron chi connectivity index (χ4n) is 2.32. The standard InChI is InChI=1S/C14H11FN2O3/c1-20-12-6-9(10(15)7-16-12)14(19)8-4-2-3-5-11(8)17-13(14)18/h2-7,19H,1H3,(H,17,18). The van der Waals surface area contributed by atoms with Gasteiger partial charge in [-0.1, -0.05) is 18.2 Å². The highest BCUT2D eigenvalue weighted by Crippen LogP contribution is 2.41. The Morgan fingerprint density at radius 3 is 2.85 bits per heavy atom. The molecule has 0 spiro atoms. The average Bonchev–Trinajstić information content (AvgIpc) is 2.72. The minimum absolute atomic E-state index is 0.118. The first kappa shape index (κ1) is 12.6. The Bertz CT molecular complexity index is 705. The van der Waals surface area contributed by atoms with Gasteiger partial charge >= 0.3 is 0 Å². The number of fused-ring (bicyclic) bond motifs is 1. The SMILES string of the molecule is COc1cc(C2(O)C(=O)Nc3ccccc32)c(F)cn1. The van der Waals surface area contributed by atoms with Crippen molar-refractivity contribution in [3.05, 3.63) is 53.5 Å². The zero-order chi connectivity index (χ0) is 14.3. The number of carbonyl (C=O) groups is 1. The lowest BCUT2D eigenvalue weighted by atomic mass is 9.88. The fraction of sp³-hybridized carbons (Fsp3) is 0.143. The molecule has 0 aliphatic carbocycles. The molecule has 102 valence electrons. The van der Waals surface area contributed by atoms with Crippen molar-refractivity contribution in [2.24, 2.45) is 0 Å². The molecule has 3 rings (SSSR count). The third-order valence-electron chi connectivity index (χ3n) is 3.32. The molecule has 1 aliphatic rings. The predicted octanol–water partition coefficient (Wildman–Crippen LogP) is 1.42. The summed E-state index contributed by atoms with van der Waals surface area (Å²) in [4.78, 5) is 15.8. The van der Waals surface area contributed by atoms with Crippen LogP contribution >= 0.6 is 0 Å².